The van der Waals surface area contributed by atoms with Gasteiger partial charge in [0.1, 0.15) is 0 Å². The fraction of sp³-hybridized carbons (Fsp3) is 0.316. The fourth-order valence-electron chi connectivity index (χ4n) is 2.30. The van der Waals surface area contributed by atoms with Crippen molar-refractivity contribution in [2.45, 2.75) is 25.7 Å². The fourth-order valence-corrected chi connectivity index (χ4v) is 2.30. The summed E-state index contributed by atoms with van der Waals surface area (Å²) in [5.74, 6) is 1.45. The number of hydrogen-bond acceptors (Lipinski definition) is 3. The summed E-state index contributed by atoms with van der Waals surface area (Å²) in [6.07, 6.45) is 1.62. The maximum atomic E-state index is 9.30. The molecule has 0 radical (unpaired) electrons. The average Bonchev–Trinajstić information content (AvgIpc) is 2.57. The number of rotatable bonds is 8. The van der Waals surface area contributed by atoms with Crippen LogP contribution >= 0.6 is 0 Å². The Morgan fingerprint density at radius 3 is 2.23 bits per heavy atom. The third kappa shape index (κ3) is 4.53. The van der Waals surface area contributed by atoms with Gasteiger partial charge in [0.05, 0.1) is 25.2 Å². The molecule has 0 heterocycles. The Kier molecular flexibility index (Phi) is 6.32. The van der Waals surface area contributed by atoms with Crippen LogP contribution in [0.2, 0.25) is 0 Å². The van der Waals surface area contributed by atoms with Gasteiger partial charge in [0.25, 0.3) is 0 Å². The van der Waals surface area contributed by atoms with Gasteiger partial charge >= 0.3 is 0 Å². The third-order valence-corrected chi connectivity index (χ3v) is 3.40. The van der Waals surface area contributed by atoms with E-state index >= 15 is 0 Å². The van der Waals surface area contributed by atoms with Crippen LogP contribution in [0.25, 0.3) is 0 Å². The van der Waals surface area contributed by atoms with Gasteiger partial charge in [0, 0.05) is 0 Å². The van der Waals surface area contributed by atoms with Gasteiger partial charge in [-0.2, -0.15) is 5.26 Å². The molecule has 2 aromatic carbocycles. The molecule has 0 aliphatic rings. The standard InChI is InChI=1S/C19H21NO2/c1-2-21-18-12-6-7-13-19(18)22-14-8-11-17(15-20)16-9-4-3-5-10-16/h3-7,9-10,12-13,17H,2,8,11,14H2,1H3. The van der Waals surface area contributed by atoms with Crippen molar-refractivity contribution in [3.05, 3.63) is 60.2 Å². The van der Waals surface area contributed by atoms with Gasteiger partial charge in [-0.1, -0.05) is 42.5 Å². The van der Waals surface area contributed by atoms with Crippen LogP contribution in [0.4, 0.5) is 0 Å². The van der Waals surface area contributed by atoms with E-state index in [1.807, 2.05) is 61.5 Å². The van der Waals surface area contributed by atoms with Crippen LogP contribution in [0.5, 0.6) is 11.5 Å². The van der Waals surface area contributed by atoms with E-state index in [2.05, 4.69) is 6.07 Å². The Labute approximate surface area is 132 Å². The third-order valence-electron chi connectivity index (χ3n) is 3.40. The van der Waals surface area contributed by atoms with Crippen molar-refractivity contribution in [3.63, 3.8) is 0 Å². The summed E-state index contributed by atoms with van der Waals surface area (Å²) >= 11 is 0. The summed E-state index contributed by atoms with van der Waals surface area (Å²) in [4.78, 5) is 0. The van der Waals surface area contributed by atoms with Crippen molar-refractivity contribution in [1.29, 1.82) is 5.26 Å². The Balaban J connectivity index is 1.83. The first-order valence-electron chi connectivity index (χ1n) is 7.64. The van der Waals surface area contributed by atoms with E-state index < -0.39 is 0 Å². The van der Waals surface area contributed by atoms with Gasteiger partial charge in [-0.25, -0.2) is 0 Å². The summed E-state index contributed by atoms with van der Waals surface area (Å²) in [6.45, 7) is 3.15. The molecule has 3 heteroatoms. The summed E-state index contributed by atoms with van der Waals surface area (Å²) < 4.78 is 11.3. The number of benzene rings is 2. The Morgan fingerprint density at radius 2 is 1.59 bits per heavy atom. The van der Waals surface area contributed by atoms with Crippen molar-refractivity contribution < 1.29 is 9.47 Å². The molecular weight excluding hydrogens is 274 g/mol. The second-order valence-electron chi connectivity index (χ2n) is 4.96. The summed E-state index contributed by atoms with van der Waals surface area (Å²) in [5, 5.41) is 9.30. The van der Waals surface area contributed by atoms with Crippen LogP contribution in [-0.4, -0.2) is 13.2 Å². The summed E-state index contributed by atoms with van der Waals surface area (Å²) in [5.41, 5.74) is 1.07. The molecule has 0 aliphatic carbocycles. The molecule has 22 heavy (non-hydrogen) atoms. The first-order valence-corrected chi connectivity index (χ1v) is 7.64. The molecule has 1 atom stereocenters. The highest BCUT2D eigenvalue weighted by atomic mass is 16.5. The normalized spacial score (nSPS) is 11.5. The Hall–Kier alpha value is -2.47. The SMILES string of the molecule is CCOc1ccccc1OCCCC(C#N)c1ccccc1. The average molecular weight is 295 g/mol. The lowest BCUT2D eigenvalue weighted by molar-refractivity contribution is 0.270. The first kappa shape index (κ1) is 15.9. The Morgan fingerprint density at radius 1 is 0.955 bits per heavy atom. The molecule has 3 nitrogen and oxygen atoms in total. The molecule has 0 N–H and O–H groups in total. The summed E-state index contributed by atoms with van der Waals surface area (Å²) in [7, 11) is 0. The monoisotopic (exact) mass is 295 g/mol. The topological polar surface area (TPSA) is 42.2 Å². The van der Waals surface area contributed by atoms with Crippen molar-refractivity contribution in [2.75, 3.05) is 13.2 Å². The molecule has 0 saturated carbocycles. The number of ether oxygens (including phenoxy) is 2. The molecule has 0 bridgehead atoms. The minimum Gasteiger partial charge on any atom is -0.490 e. The van der Waals surface area contributed by atoms with Crippen molar-refractivity contribution in [3.8, 4) is 17.6 Å². The van der Waals surface area contributed by atoms with Crippen LogP contribution < -0.4 is 9.47 Å². The minimum absolute atomic E-state index is 0.0769. The second-order valence-corrected chi connectivity index (χ2v) is 4.96. The predicted molar refractivity (Wildman–Crippen MR) is 87.1 cm³/mol. The number of para-hydroxylation sites is 2. The molecule has 0 fully saturated rings. The lowest BCUT2D eigenvalue weighted by Gasteiger charge is -2.13. The van der Waals surface area contributed by atoms with E-state index in [9.17, 15) is 5.26 Å². The molecule has 0 aromatic heterocycles. The molecule has 0 aliphatic heterocycles. The minimum atomic E-state index is -0.0769. The highest BCUT2D eigenvalue weighted by Gasteiger charge is 2.10. The molecule has 0 spiro atoms. The Bertz CT molecular complexity index is 604. The van der Waals surface area contributed by atoms with Crippen molar-refractivity contribution >= 4 is 0 Å². The highest BCUT2D eigenvalue weighted by molar-refractivity contribution is 5.39. The lowest BCUT2D eigenvalue weighted by Crippen LogP contribution is -2.03. The molecule has 1 unspecified atom stereocenters. The lowest BCUT2D eigenvalue weighted by atomic mass is 9.96. The maximum absolute atomic E-state index is 9.30. The first-order chi connectivity index (χ1) is 10.8. The van der Waals surface area contributed by atoms with Gasteiger partial charge in [-0.05, 0) is 37.5 Å². The zero-order chi connectivity index (χ0) is 15.6. The largest absolute Gasteiger partial charge is 0.490 e. The van der Waals surface area contributed by atoms with Gasteiger partial charge in [-0.3, -0.25) is 0 Å². The highest BCUT2D eigenvalue weighted by Crippen LogP contribution is 2.27. The van der Waals surface area contributed by atoms with Crippen molar-refractivity contribution in [1.82, 2.24) is 0 Å². The molecular formula is C19H21NO2. The van der Waals surface area contributed by atoms with Gasteiger partial charge in [-0.15, -0.1) is 0 Å². The van der Waals surface area contributed by atoms with Gasteiger partial charge < -0.3 is 9.47 Å². The quantitative estimate of drug-likeness (QED) is 0.671. The molecule has 2 aromatic rings. The molecule has 0 amide bonds. The van der Waals surface area contributed by atoms with E-state index in [4.69, 9.17) is 9.47 Å². The zero-order valence-corrected chi connectivity index (χ0v) is 12.9. The summed E-state index contributed by atoms with van der Waals surface area (Å²) in [6, 6.07) is 19.9. The van der Waals surface area contributed by atoms with Gasteiger partial charge in [0.2, 0.25) is 0 Å². The molecule has 0 saturated heterocycles. The smallest absolute Gasteiger partial charge is 0.161 e. The van der Waals surface area contributed by atoms with Crippen LogP contribution in [0.3, 0.4) is 0 Å². The van der Waals surface area contributed by atoms with Crippen molar-refractivity contribution in [2.24, 2.45) is 0 Å². The number of hydrogen-bond donors (Lipinski definition) is 0. The van der Waals surface area contributed by atoms with Crippen LogP contribution in [0.1, 0.15) is 31.2 Å². The second kappa shape index (κ2) is 8.74. The van der Waals surface area contributed by atoms with Gasteiger partial charge in [0.15, 0.2) is 11.5 Å². The molecule has 114 valence electrons. The predicted octanol–water partition coefficient (Wildman–Crippen LogP) is 4.55. The zero-order valence-electron chi connectivity index (χ0n) is 12.9. The molecule has 2 rings (SSSR count). The van der Waals surface area contributed by atoms with E-state index in [1.54, 1.807) is 0 Å². The van der Waals surface area contributed by atoms with Crippen LogP contribution in [-0.2, 0) is 0 Å². The van der Waals surface area contributed by atoms with E-state index in [0.29, 0.717) is 13.2 Å². The maximum Gasteiger partial charge on any atom is 0.161 e. The van der Waals surface area contributed by atoms with Crippen LogP contribution in [0.15, 0.2) is 54.6 Å². The van der Waals surface area contributed by atoms with Crippen LogP contribution in [0, 0.1) is 11.3 Å². The van der Waals surface area contributed by atoms with E-state index in [-0.39, 0.29) is 5.92 Å². The number of nitrogens with zero attached hydrogens (tertiary/aromatic N) is 1. The van der Waals surface area contributed by atoms with E-state index in [0.717, 1.165) is 29.9 Å². The number of nitriles is 1. The van der Waals surface area contributed by atoms with E-state index in [1.165, 1.54) is 0 Å².